The van der Waals surface area contributed by atoms with Crippen LogP contribution in [0.25, 0.3) is 11.3 Å². The average Bonchev–Trinajstić information content (AvgIpc) is 2.91. The summed E-state index contributed by atoms with van der Waals surface area (Å²) in [5, 5.41) is 17.2. The summed E-state index contributed by atoms with van der Waals surface area (Å²) >= 11 is 0. The summed E-state index contributed by atoms with van der Waals surface area (Å²) in [6, 6.07) is 19.5. The van der Waals surface area contributed by atoms with E-state index in [9.17, 15) is 5.26 Å². The lowest BCUT2D eigenvalue weighted by Crippen LogP contribution is -2.44. The van der Waals surface area contributed by atoms with Gasteiger partial charge in [-0.25, -0.2) is 4.68 Å². The third-order valence-corrected chi connectivity index (χ3v) is 4.27. The van der Waals surface area contributed by atoms with Gasteiger partial charge in [0.1, 0.15) is 34.6 Å². The van der Waals surface area contributed by atoms with Crippen molar-refractivity contribution in [2.24, 2.45) is 0 Å². The fraction of sp³-hybridized carbons (Fsp3) is 0.158. The molecule has 1 fully saturated rings. The van der Waals surface area contributed by atoms with Crippen molar-refractivity contribution in [3.63, 3.8) is 0 Å². The van der Waals surface area contributed by atoms with E-state index in [1.807, 2.05) is 54.6 Å². The Labute approximate surface area is 145 Å². The Bertz CT molecular complexity index is 921. The number of hydrogen-bond donors (Lipinski definition) is 2. The number of aromatic nitrogens is 2. The Morgan fingerprint density at radius 2 is 1.76 bits per heavy atom. The molecule has 0 spiro atoms. The van der Waals surface area contributed by atoms with Crippen molar-refractivity contribution in [2.75, 3.05) is 18.8 Å². The molecule has 6 heteroatoms. The van der Waals surface area contributed by atoms with E-state index in [4.69, 9.17) is 10.5 Å². The summed E-state index contributed by atoms with van der Waals surface area (Å²) in [6.07, 6.45) is 0. The number of ether oxygens (including phenoxy) is 1. The van der Waals surface area contributed by atoms with E-state index >= 15 is 0 Å². The molecule has 0 atom stereocenters. The molecule has 3 N–H and O–H groups in total. The fourth-order valence-corrected chi connectivity index (χ4v) is 2.79. The van der Waals surface area contributed by atoms with Gasteiger partial charge in [0.05, 0.1) is 6.04 Å². The fourth-order valence-electron chi connectivity index (χ4n) is 2.79. The summed E-state index contributed by atoms with van der Waals surface area (Å²) in [5.41, 5.74) is 7.99. The maximum Gasteiger partial charge on any atom is 0.140 e. The molecule has 1 aromatic heterocycles. The quantitative estimate of drug-likeness (QED) is 0.767. The maximum atomic E-state index is 9.47. The second-order valence-electron chi connectivity index (χ2n) is 5.92. The molecule has 0 bridgehead atoms. The molecular formula is C19H17N5O. The molecule has 1 aliphatic heterocycles. The number of nitriles is 1. The first kappa shape index (κ1) is 15.2. The van der Waals surface area contributed by atoms with Crippen LogP contribution in [0.2, 0.25) is 0 Å². The van der Waals surface area contributed by atoms with Crippen molar-refractivity contribution in [1.29, 1.82) is 5.26 Å². The monoisotopic (exact) mass is 331 g/mol. The van der Waals surface area contributed by atoms with Crippen LogP contribution in [0, 0.1) is 11.3 Å². The van der Waals surface area contributed by atoms with Crippen molar-refractivity contribution >= 4 is 5.82 Å². The van der Waals surface area contributed by atoms with Gasteiger partial charge in [0.2, 0.25) is 0 Å². The molecule has 6 nitrogen and oxygen atoms in total. The number of para-hydroxylation sites is 1. The minimum atomic E-state index is 0.210. The first-order valence-electron chi connectivity index (χ1n) is 8.08. The van der Waals surface area contributed by atoms with E-state index in [0.717, 1.165) is 30.2 Å². The van der Waals surface area contributed by atoms with Crippen LogP contribution in [0.15, 0.2) is 54.6 Å². The molecule has 2 aromatic carbocycles. The van der Waals surface area contributed by atoms with Crippen molar-refractivity contribution in [2.45, 2.75) is 6.04 Å². The average molecular weight is 331 g/mol. The van der Waals surface area contributed by atoms with Gasteiger partial charge in [0.15, 0.2) is 0 Å². The number of hydrogen-bond acceptors (Lipinski definition) is 5. The van der Waals surface area contributed by atoms with Gasteiger partial charge in [-0.2, -0.15) is 10.4 Å². The van der Waals surface area contributed by atoms with E-state index < -0.39 is 0 Å². The van der Waals surface area contributed by atoms with Gasteiger partial charge in [0.25, 0.3) is 0 Å². The highest BCUT2D eigenvalue weighted by Gasteiger charge is 2.26. The minimum absolute atomic E-state index is 0.210. The minimum Gasteiger partial charge on any atom is -0.457 e. The number of benzene rings is 2. The van der Waals surface area contributed by atoms with E-state index in [-0.39, 0.29) is 6.04 Å². The van der Waals surface area contributed by atoms with Gasteiger partial charge in [-0.1, -0.05) is 18.2 Å². The lowest BCUT2D eigenvalue weighted by Gasteiger charge is -2.27. The highest BCUT2D eigenvalue weighted by molar-refractivity contribution is 5.73. The van der Waals surface area contributed by atoms with Crippen molar-refractivity contribution < 1.29 is 4.74 Å². The third kappa shape index (κ3) is 2.82. The normalized spacial score (nSPS) is 13.9. The molecule has 25 heavy (non-hydrogen) atoms. The molecule has 1 aliphatic rings. The number of rotatable bonds is 4. The maximum absolute atomic E-state index is 9.47. The molecule has 4 rings (SSSR count). The van der Waals surface area contributed by atoms with Gasteiger partial charge >= 0.3 is 0 Å². The van der Waals surface area contributed by atoms with E-state index in [1.165, 1.54) is 0 Å². The number of nitrogens with two attached hydrogens (primary N) is 1. The van der Waals surface area contributed by atoms with Crippen LogP contribution in [0.3, 0.4) is 0 Å². The van der Waals surface area contributed by atoms with E-state index in [0.29, 0.717) is 17.1 Å². The zero-order valence-electron chi connectivity index (χ0n) is 13.5. The Morgan fingerprint density at radius 1 is 1.08 bits per heavy atom. The van der Waals surface area contributed by atoms with Crippen LogP contribution < -0.4 is 15.8 Å². The molecule has 0 amide bonds. The van der Waals surface area contributed by atoms with E-state index in [1.54, 1.807) is 4.68 Å². The Balaban J connectivity index is 1.63. The highest BCUT2D eigenvalue weighted by Crippen LogP contribution is 2.31. The van der Waals surface area contributed by atoms with Gasteiger partial charge in [-0.15, -0.1) is 0 Å². The van der Waals surface area contributed by atoms with Gasteiger partial charge in [-0.05, 0) is 36.4 Å². The zero-order chi connectivity index (χ0) is 17.2. The molecule has 0 unspecified atom stereocenters. The topological polar surface area (TPSA) is 88.9 Å². The van der Waals surface area contributed by atoms with Crippen molar-refractivity contribution in [3.8, 4) is 28.8 Å². The number of nitrogens with zero attached hydrogens (tertiary/aromatic N) is 3. The molecule has 0 aliphatic carbocycles. The lowest BCUT2D eigenvalue weighted by atomic mass is 10.1. The van der Waals surface area contributed by atoms with Gasteiger partial charge in [-0.3, -0.25) is 0 Å². The molecule has 2 heterocycles. The Morgan fingerprint density at radius 3 is 2.36 bits per heavy atom. The summed E-state index contributed by atoms with van der Waals surface area (Å²) in [5.74, 6) is 1.93. The van der Waals surface area contributed by atoms with Crippen LogP contribution in [0.1, 0.15) is 11.6 Å². The first-order chi connectivity index (χ1) is 12.3. The summed E-state index contributed by atoms with van der Waals surface area (Å²) in [7, 11) is 0. The number of anilines is 1. The van der Waals surface area contributed by atoms with Crippen molar-refractivity contribution in [3.05, 3.63) is 60.2 Å². The number of nitrogen functional groups attached to an aromatic ring is 1. The van der Waals surface area contributed by atoms with Crippen LogP contribution in [-0.4, -0.2) is 22.9 Å². The lowest BCUT2D eigenvalue weighted by molar-refractivity contribution is 0.322. The highest BCUT2D eigenvalue weighted by atomic mass is 16.5. The predicted molar refractivity (Wildman–Crippen MR) is 95.2 cm³/mol. The summed E-state index contributed by atoms with van der Waals surface area (Å²) in [6.45, 7) is 1.64. The van der Waals surface area contributed by atoms with Gasteiger partial charge in [0, 0.05) is 18.7 Å². The molecule has 3 aromatic rings. The Kier molecular flexibility index (Phi) is 3.84. The molecule has 1 saturated heterocycles. The smallest absolute Gasteiger partial charge is 0.140 e. The summed E-state index contributed by atoms with van der Waals surface area (Å²) in [4.78, 5) is 0. The Hall–Kier alpha value is -3.30. The number of nitrogens with one attached hydrogen (secondary N) is 1. The largest absolute Gasteiger partial charge is 0.457 e. The van der Waals surface area contributed by atoms with Crippen LogP contribution in [-0.2, 0) is 0 Å². The van der Waals surface area contributed by atoms with Crippen LogP contribution in [0.4, 0.5) is 5.82 Å². The van der Waals surface area contributed by atoms with Crippen LogP contribution >= 0.6 is 0 Å². The van der Waals surface area contributed by atoms with Crippen LogP contribution in [0.5, 0.6) is 11.5 Å². The zero-order valence-corrected chi connectivity index (χ0v) is 13.5. The second-order valence-corrected chi connectivity index (χ2v) is 5.92. The molecule has 124 valence electrons. The van der Waals surface area contributed by atoms with E-state index in [2.05, 4.69) is 16.5 Å². The first-order valence-corrected chi connectivity index (χ1v) is 8.08. The molecular weight excluding hydrogens is 314 g/mol. The third-order valence-electron chi connectivity index (χ3n) is 4.27. The molecule has 0 radical (unpaired) electrons. The van der Waals surface area contributed by atoms with Gasteiger partial charge < -0.3 is 15.8 Å². The molecule has 0 saturated carbocycles. The second kappa shape index (κ2) is 6.30. The predicted octanol–water partition coefficient (Wildman–Crippen LogP) is 2.94. The SMILES string of the molecule is N#Cc1c(-c2ccc(Oc3ccccc3)cc2)nn(C2CNC2)c1N. The summed E-state index contributed by atoms with van der Waals surface area (Å²) < 4.78 is 7.54. The van der Waals surface area contributed by atoms with Crippen molar-refractivity contribution in [1.82, 2.24) is 15.1 Å². The standard InChI is InChI=1S/C19H17N5O/c20-10-17-18(23-24(19(17)21)14-11-22-12-14)13-6-8-16(9-7-13)25-15-4-2-1-3-5-15/h1-9,14,22H,11-12,21H2.